The number of aryl methyl sites for hydroxylation is 1. The molecule has 0 aliphatic rings. The van der Waals surface area contributed by atoms with E-state index < -0.39 is 11.4 Å². The van der Waals surface area contributed by atoms with Gasteiger partial charge in [0.15, 0.2) is 0 Å². The molecular formula is C8H11NO3. The number of aromatic amines is 1. The van der Waals surface area contributed by atoms with E-state index in [1.54, 1.807) is 6.92 Å². The minimum absolute atomic E-state index is 0.0677. The molecule has 0 aliphatic carbocycles. The molecule has 0 unspecified atom stereocenters. The Bertz CT molecular complexity index is 386. The average molecular weight is 169 g/mol. The summed E-state index contributed by atoms with van der Waals surface area (Å²) in [5.41, 5.74) is 0.590. The standard InChI is InChI=1S/C8H11NO3/c1-4(2)6-5(3)9-8(11)12-7(6)10/h4H,1-3H3,(H,9,11). The van der Waals surface area contributed by atoms with Gasteiger partial charge >= 0.3 is 11.4 Å². The van der Waals surface area contributed by atoms with E-state index in [4.69, 9.17) is 0 Å². The van der Waals surface area contributed by atoms with Crippen LogP contribution in [0.15, 0.2) is 14.0 Å². The molecule has 0 bridgehead atoms. The van der Waals surface area contributed by atoms with Crippen LogP contribution >= 0.6 is 0 Å². The molecule has 1 rings (SSSR count). The Kier molecular flexibility index (Phi) is 2.17. The van der Waals surface area contributed by atoms with E-state index in [0.29, 0.717) is 11.3 Å². The molecule has 0 fully saturated rings. The van der Waals surface area contributed by atoms with Crippen LogP contribution in [0.4, 0.5) is 0 Å². The molecule has 66 valence electrons. The summed E-state index contributed by atoms with van der Waals surface area (Å²) in [6, 6.07) is 0. The average Bonchev–Trinajstić information content (AvgIpc) is 1.82. The van der Waals surface area contributed by atoms with Crippen LogP contribution in [0.1, 0.15) is 31.0 Å². The van der Waals surface area contributed by atoms with Gasteiger partial charge in [-0.3, -0.25) is 4.98 Å². The van der Waals surface area contributed by atoms with Gasteiger partial charge in [0.25, 0.3) is 0 Å². The Morgan fingerprint density at radius 2 is 1.92 bits per heavy atom. The van der Waals surface area contributed by atoms with Crippen molar-refractivity contribution in [3.63, 3.8) is 0 Å². The van der Waals surface area contributed by atoms with Gasteiger partial charge in [0.2, 0.25) is 0 Å². The Morgan fingerprint density at radius 3 is 2.33 bits per heavy atom. The van der Waals surface area contributed by atoms with Crippen molar-refractivity contribution in [2.45, 2.75) is 26.7 Å². The molecule has 1 N–H and O–H groups in total. The number of H-pyrrole nitrogens is 1. The van der Waals surface area contributed by atoms with Crippen LogP contribution in [0.2, 0.25) is 0 Å². The van der Waals surface area contributed by atoms with Crippen LogP contribution in [-0.4, -0.2) is 4.98 Å². The number of nitrogens with one attached hydrogen (secondary N) is 1. The minimum Gasteiger partial charge on any atom is -0.372 e. The number of rotatable bonds is 1. The summed E-state index contributed by atoms with van der Waals surface area (Å²) < 4.78 is 4.38. The number of hydrogen-bond donors (Lipinski definition) is 1. The smallest absolute Gasteiger partial charge is 0.372 e. The minimum atomic E-state index is -0.693. The molecule has 0 atom stereocenters. The topological polar surface area (TPSA) is 63.1 Å². The van der Waals surface area contributed by atoms with Gasteiger partial charge in [-0.05, 0) is 12.8 Å². The van der Waals surface area contributed by atoms with Crippen molar-refractivity contribution in [2.75, 3.05) is 0 Å². The van der Waals surface area contributed by atoms with E-state index in [-0.39, 0.29) is 5.92 Å². The third-order valence-electron chi connectivity index (χ3n) is 1.68. The summed E-state index contributed by atoms with van der Waals surface area (Å²) in [4.78, 5) is 24.2. The predicted molar refractivity (Wildman–Crippen MR) is 44.4 cm³/mol. The summed E-state index contributed by atoms with van der Waals surface area (Å²) in [6.45, 7) is 5.43. The molecule has 0 saturated carbocycles. The molecule has 0 amide bonds. The van der Waals surface area contributed by atoms with E-state index >= 15 is 0 Å². The van der Waals surface area contributed by atoms with Gasteiger partial charge < -0.3 is 4.42 Å². The third kappa shape index (κ3) is 1.47. The first-order valence-electron chi connectivity index (χ1n) is 3.76. The maximum atomic E-state index is 11.1. The summed E-state index contributed by atoms with van der Waals surface area (Å²) in [7, 11) is 0. The lowest BCUT2D eigenvalue weighted by Gasteiger charge is -2.04. The highest BCUT2D eigenvalue weighted by Gasteiger charge is 2.10. The number of aromatic nitrogens is 1. The highest BCUT2D eigenvalue weighted by atomic mass is 16.4. The van der Waals surface area contributed by atoms with Gasteiger partial charge in [0.05, 0.1) is 5.56 Å². The first-order chi connectivity index (χ1) is 5.52. The van der Waals surface area contributed by atoms with Gasteiger partial charge in [-0.15, -0.1) is 0 Å². The first kappa shape index (κ1) is 8.77. The molecule has 12 heavy (non-hydrogen) atoms. The molecule has 0 saturated heterocycles. The summed E-state index contributed by atoms with van der Waals surface area (Å²) in [5.74, 6) is -0.625. The van der Waals surface area contributed by atoms with Crippen LogP contribution in [-0.2, 0) is 0 Å². The second-order valence-electron chi connectivity index (χ2n) is 3.00. The van der Waals surface area contributed by atoms with E-state index in [2.05, 4.69) is 9.40 Å². The van der Waals surface area contributed by atoms with Crippen molar-refractivity contribution in [3.8, 4) is 0 Å². The van der Waals surface area contributed by atoms with Crippen LogP contribution < -0.4 is 11.4 Å². The quantitative estimate of drug-likeness (QED) is 0.675. The van der Waals surface area contributed by atoms with Crippen LogP contribution in [0, 0.1) is 6.92 Å². The SMILES string of the molecule is Cc1[nH]c(=O)oc(=O)c1C(C)C. The molecule has 1 aromatic heterocycles. The molecule has 4 nitrogen and oxygen atoms in total. The predicted octanol–water partition coefficient (Wildman–Crippen LogP) is 0.760. The Labute approximate surface area is 69.2 Å². The molecule has 1 heterocycles. The summed E-state index contributed by atoms with van der Waals surface area (Å²) in [6.07, 6.45) is 0. The van der Waals surface area contributed by atoms with E-state index in [0.717, 1.165) is 0 Å². The zero-order valence-electron chi connectivity index (χ0n) is 7.30. The van der Waals surface area contributed by atoms with E-state index in [1.807, 2.05) is 13.8 Å². The fraction of sp³-hybridized carbons (Fsp3) is 0.500. The fourth-order valence-electron chi connectivity index (χ4n) is 1.21. The second kappa shape index (κ2) is 2.97. The van der Waals surface area contributed by atoms with Gasteiger partial charge in [0, 0.05) is 5.69 Å². The Morgan fingerprint density at radius 1 is 1.33 bits per heavy atom. The monoisotopic (exact) mass is 169 g/mol. The third-order valence-corrected chi connectivity index (χ3v) is 1.68. The molecule has 0 spiro atoms. The lowest BCUT2D eigenvalue weighted by atomic mass is 10.0. The Hall–Kier alpha value is -1.32. The van der Waals surface area contributed by atoms with Crippen LogP contribution in [0.3, 0.4) is 0 Å². The summed E-state index contributed by atoms with van der Waals surface area (Å²) in [5, 5.41) is 0. The van der Waals surface area contributed by atoms with Crippen molar-refractivity contribution in [3.05, 3.63) is 32.2 Å². The van der Waals surface area contributed by atoms with Gasteiger partial charge in [-0.25, -0.2) is 9.59 Å². The zero-order valence-corrected chi connectivity index (χ0v) is 7.30. The van der Waals surface area contributed by atoms with Crippen molar-refractivity contribution in [1.29, 1.82) is 0 Å². The normalized spacial score (nSPS) is 10.7. The lowest BCUT2D eigenvalue weighted by Crippen LogP contribution is -2.21. The molecule has 1 aromatic rings. The second-order valence-corrected chi connectivity index (χ2v) is 3.00. The van der Waals surface area contributed by atoms with Crippen molar-refractivity contribution in [1.82, 2.24) is 4.98 Å². The fourth-order valence-corrected chi connectivity index (χ4v) is 1.21. The number of hydrogen-bond acceptors (Lipinski definition) is 3. The van der Waals surface area contributed by atoms with Crippen LogP contribution in [0.25, 0.3) is 0 Å². The van der Waals surface area contributed by atoms with Crippen molar-refractivity contribution >= 4 is 0 Å². The van der Waals surface area contributed by atoms with Gasteiger partial charge in [-0.2, -0.15) is 0 Å². The van der Waals surface area contributed by atoms with E-state index in [9.17, 15) is 9.59 Å². The van der Waals surface area contributed by atoms with Crippen LogP contribution in [0.5, 0.6) is 0 Å². The molecule has 0 aromatic carbocycles. The van der Waals surface area contributed by atoms with Gasteiger partial charge in [-0.1, -0.05) is 13.8 Å². The van der Waals surface area contributed by atoms with Crippen molar-refractivity contribution in [2.24, 2.45) is 0 Å². The highest BCUT2D eigenvalue weighted by molar-refractivity contribution is 5.16. The molecule has 0 aliphatic heterocycles. The maximum absolute atomic E-state index is 11.1. The molecule has 4 heteroatoms. The van der Waals surface area contributed by atoms with Gasteiger partial charge in [0.1, 0.15) is 0 Å². The largest absolute Gasteiger partial charge is 0.419 e. The first-order valence-corrected chi connectivity index (χ1v) is 3.76. The maximum Gasteiger partial charge on any atom is 0.419 e. The highest BCUT2D eigenvalue weighted by Crippen LogP contribution is 2.10. The van der Waals surface area contributed by atoms with Crippen molar-refractivity contribution < 1.29 is 4.42 Å². The van der Waals surface area contributed by atoms with E-state index in [1.165, 1.54) is 0 Å². The zero-order chi connectivity index (χ0) is 9.30. The Balaban J connectivity index is 3.49. The molecular weight excluding hydrogens is 158 g/mol. The molecule has 0 radical (unpaired) electrons. The lowest BCUT2D eigenvalue weighted by molar-refractivity contribution is 0.433. The summed E-state index contributed by atoms with van der Waals surface area (Å²) >= 11 is 0.